The molecule has 2 saturated heterocycles. The van der Waals surface area contributed by atoms with Gasteiger partial charge in [0.15, 0.2) is 0 Å². The molecule has 0 radical (unpaired) electrons. The van der Waals surface area contributed by atoms with Crippen molar-refractivity contribution in [3.05, 3.63) is 23.9 Å². The summed E-state index contributed by atoms with van der Waals surface area (Å²) >= 11 is 0. The minimum absolute atomic E-state index is 0.722. The number of likely N-dealkylation sites (N-methyl/N-ethyl adjacent to an activating group) is 1. The molecule has 98 valence electrons. The Morgan fingerprint density at radius 3 is 3.00 bits per heavy atom. The number of pyridine rings is 1. The van der Waals surface area contributed by atoms with Gasteiger partial charge in [-0.3, -0.25) is 4.90 Å². The van der Waals surface area contributed by atoms with E-state index in [1.165, 1.54) is 31.5 Å². The third-order valence-electron chi connectivity index (χ3n) is 4.39. The number of ether oxygens (including phenoxy) is 1. The Bertz CT molecular complexity index is 423. The molecule has 0 saturated carbocycles. The number of hydrogen-bond donors (Lipinski definition) is 0. The number of likely N-dealkylation sites (tertiary alicyclic amines) is 2. The number of methoxy groups -OCH3 is 1. The molecule has 3 heterocycles. The highest BCUT2D eigenvalue weighted by atomic mass is 16.5. The van der Waals surface area contributed by atoms with Crippen LogP contribution in [0.2, 0.25) is 0 Å². The quantitative estimate of drug-likeness (QED) is 0.806. The van der Waals surface area contributed by atoms with E-state index in [1.807, 2.05) is 6.07 Å². The summed E-state index contributed by atoms with van der Waals surface area (Å²) in [7, 11) is 3.95. The van der Waals surface area contributed by atoms with Gasteiger partial charge < -0.3 is 9.64 Å². The van der Waals surface area contributed by atoms with E-state index in [4.69, 9.17) is 4.74 Å². The van der Waals surface area contributed by atoms with Crippen LogP contribution < -0.4 is 4.74 Å². The molecule has 18 heavy (non-hydrogen) atoms. The second kappa shape index (κ2) is 4.86. The van der Waals surface area contributed by atoms with Gasteiger partial charge in [0.1, 0.15) is 0 Å². The standard InChI is InChI=1S/C14H21N3O/c1-16-8-5-13-12(16)6-9-17(13)10-11-4-3-7-15-14(11)18-2/h3-4,7,12-13H,5-6,8-10H2,1-2H3/t12-,13+/m0/s1. The lowest BCUT2D eigenvalue weighted by atomic mass is 10.1. The van der Waals surface area contributed by atoms with Crippen molar-refractivity contribution in [2.45, 2.75) is 31.5 Å². The first-order chi connectivity index (χ1) is 8.79. The number of fused-ring (bicyclic) bond motifs is 1. The maximum Gasteiger partial charge on any atom is 0.217 e. The van der Waals surface area contributed by atoms with E-state index in [9.17, 15) is 0 Å². The molecule has 0 spiro atoms. The molecule has 1 aromatic rings. The van der Waals surface area contributed by atoms with Gasteiger partial charge in [0.25, 0.3) is 0 Å². The number of nitrogens with zero attached hydrogens (tertiary/aromatic N) is 3. The molecule has 2 aliphatic heterocycles. The van der Waals surface area contributed by atoms with E-state index in [1.54, 1.807) is 13.3 Å². The Balaban J connectivity index is 1.74. The molecule has 2 atom stereocenters. The predicted octanol–water partition coefficient (Wildman–Crippen LogP) is 1.37. The van der Waals surface area contributed by atoms with Crippen molar-refractivity contribution in [2.24, 2.45) is 0 Å². The average Bonchev–Trinajstić information content (AvgIpc) is 2.95. The largest absolute Gasteiger partial charge is 0.481 e. The molecule has 1 aromatic heterocycles. The molecule has 0 aliphatic carbocycles. The molecule has 4 heteroatoms. The van der Waals surface area contributed by atoms with Gasteiger partial charge >= 0.3 is 0 Å². The predicted molar refractivity (Wildman–Crippen MR) is 70.6 cm³/mol. The van der Waals surface area contributed by atoms with Gasteiger partial charge in [-0.25, -0.2) is 4.98 Å². The zero-order valence-electron chi connectivity index (χ0n) is 11.2. The molecule has 0 N–H and O–H groups in total. The number of rotatable bonds is 3. The van der Waals surface area contributed by atoms with E-state index in [0.717, 1.165) is 24.5 Å². The van der Waals surface area contributed by atoms with Crippen LogP contribution in [0.25, 0.3) is 0 Å². The molecule has 3 rings (SSSR count). The maximum atomic E-state index is 5.34. The molecule has 0 amide bonds. The van der Waals surface area contributed by atoms with Gasteiger partial charge in [-0.05, 0) is 32.5 Å². The zero-order valence-corrected chi connectivity index (χ0v) is 11.2. The molecule has 4 nitrogen and oxygen atoms in total. The van der Waals surface area contributed by atoms with Crippen LogP contribution in [0, 0.1) is 0 Å². The first kappa shape index (κ1) is 11.9. The van der Waals surface area contributed by atoms with Crippen LogP contribution in [0.5, 0.6) is 5.88 Å². The molecule has 2 aliphatic rings. The molecular formula is C14H21N3O. The van der Waals surface area contributed by atoms with Crippen LogP contribution in [0.4, 0.5) is 0 Å². The Labute approximate surface area is 109 Å². The smallest absolute Gasteiger partial charge is 0.217 e. The minimum Gasteiger partial charge on any atom is -0.481 e. The fourth-order valence-corrected chi connectivity index (χ4v) is 3.43. The lowest BCUT2D eigenvalue weighted by molar-refractivity contribution is 0.228. The summed E-state index contributed by atoms with van der Waals surface area (Å²) in [6.07, 6.45) is 4.38. The number of hydrogen-bond acceptors (Lipinski definition) is 4. The zero-order chi connectivity index (χ0) is 12.5. The second-order valence-electron chi connectivity index (χ2n) is 5.33. The van der Waals surface area contributed by atoms with E-state index in [0.29, 0.717) is 0 Å². The maximum absolute atomic E-state index is 5.34. The highest BCUT2D eigenvalue weighted by Crippen LogP contribution is 2.32. The highest BCUT2D eigenvalue weighted by Gasteiger charge is 2.40. The van der Waals surface area contributed by atoms with E-state index < -0.39 is 0 Å². The van der Waals surface area contributed by atoms with Crippen LogP contribution in [0.15, 0.2) is 18.3 Å². The Kier molecular flexibility index (Phi) is 3.22. The molecule has 2 fully saturated rings. The number of aromatic nitrogens is 1. The Morgan fingerprint density at radius 1 is 1.33 bits per heavy atom. The molecule has 0 bridgehead atoms. The van der Waals surface area contributed by atoms with Crippen LogP contribution in [0.1, 0.15) is 18.4 Å². The minimum atomic E-state index is 0.722. The lowest BCUT2D eigenvalue weighted by Crippen LogP contribution is -2.34. The van der Waals surface area contributed by atoms with Gasteiger partial charge in [0.2, 0.25) is 5.88 Å². The van der Waals surface area contributed by atoms with E-state index in [-0.39, 0.29) is 0 Å². The van der Waals surface area contributed by atoms with Gasteiger partial charge in [0, 0.05) is 36.9 Å². The van der Waals surface area contributed by atoms with E-state index >= 15 is 0 Å². The first-order valence-corrected chi connectivity index (χ1v) is 6.72. The fraction of sp³-hybridized carbons (Fsp3) is 0.643. The summed E-state index contributed by atoms with van der Waals surface area (Å²) in [5.41, 5.74) is 1.20. The third kappa shape index (κ3) is 1.99. The van der Waals surface area contributed by atoms with Gasteiger partial charge in [-0.1, -0.05) is 6.07 Å². The van der Waals surface area contributed by atoms with Crippen molar-refractivity contribution in [1.29, 1.82) is 0 Å². The molecular weight excluding hydrogens is 226 g/mol. The van der Waals surface area contributed by atoms with Crippen LogP contribution >= 0.6 is 0 Å². The van der Waals surface area contributed by atoms with Crippen LogP contribution in [-0.2, 0) is 6.54 Å². The summed E-state index contributed by atoms with van der Waals surface area (Å²) in [5, 5.41) is 0. The van der Waals surface area contributed by atoms with Gasteiger partial charge in [-0.15, -0.1) is 0 Å². The fourth-order valence-electron chi connectivity index (χ4n) is 3.43. The average molecular weight is 247 g/mol. The van der Waals surface area contributed by atoms with Crippen LogP contribution in [-0.4, -0.2) is 54.1 Å². The van der Waals surface area contributed by atoms with Gasteiger partial charge in [0.05, 0.1) is 7.11 Å². The summed E-state index contributed by atoms with van der Waals surface area (Å²) in [6, 6.07) is 5.59. The summed E-state index contributed by atoms with van der Waals surface area (Å²) in [6.45, 7) is 3.39. The monoisotopic (exact) mass is 247 g/mol. The lowest BCUT2D eigenvalue weighted by Gasteiger charge is -2.24. The third-order valence-corrected chi connectivity index (χ3v) is 4.39. The normalized spacial score (nSPS) is 28.6. The van der Waals surface area contributed by atoms with Crippen molar-refractivity contribution in [1.82, 2.24) is 14.8 Å². The summed E-state index contributed by atoms with van der Waals surface area (Å²) in [5.74, 6) is 0.771. The van der Waals surface area contributed by atoms with Gasteiger partial charge in [-0.2, -0.15) is 0 Å². The molecule has 0 aromatic carbocycles. The Hall–Kier alpha value is -1.13. The van der Waals surface area contributed by atoms with Crippen LogP contribution in [0.3, 0.4) is 0 Å². The van der Waals surface area contributed by atoms with Crippen molar-refractivity contribution >= 4 is 0 Å². The van der Waals surface area contributed by atoms with Crippen molar-refractivity contribution in [2.75, 3.05) is 27.2 Å². The molecule has 0 unspecified atom stereocenters. The van der Waals surface area contributed by atoms with Crippen molar-refractivity contribution in [3.63, 3.8) is 0 Å². The SMILES string of the molecule is COc1ncccc1CN1CC[C@H]2[C@H]1CCN2C. The van der Waals surface area contributed by atoms with Crippen molar-refractivity contribution in [3.8, 4) is 5.88 Å². The second-order valence-corrected chi connectivity index (χ2v) is 5.33. The first-order valence-electron chi connectivity index (χ1n) is 6.72. The van der Waals surface area contributed by atoms with E-state index in [2.05, 4.69) is 27.9 Å². The summed E-state index contributed by atoms with van der Waals surface area (Å²) in [4.78, 5) is 9.38. The highest BCUT2D eigenvalue weighted by molar-refractivity contribution is 5.25. The Morgan fingerprint density at radius 2 is 2.17 bits per heavy atom. The van der Waals surface area contributed by atoms with Crippen molar-refractivity contribution < 1.29 is 4.74 Å². The summed E-state index contributed by atoms with van der Waals surface area (Å²) < 4.78 is 5.34. The topological polar surface area (TPSA) is 28.6 Å².